The number of halogens is 1. The van der Waals surface area contributed by atoms with E-state index in [0.29, 0.717) is 16.7 Å². The standard InChI is InChI=1S/C20H19FN4O/c1-2-3-4-5-6-13-26-19-18-17(24-20(22)25-19)12-11-16(23-18)14-7-9-15(21)10-8-14/h2,6-13H,1,3-5H2,(H2,22,24,25). The van der Waals surface area contributed by atoms with E-state index in [2.05, 4.69) is 21.5 Å². The van der Waals surface area contributed by atoms with E-state index in [0.717, 1.165) is 24.8 Å². The Labute approximate surface area is 151 Å². The second kappa shape index (κ2) is 8.20. The van der Waals surface area contributed by atoms with Crippen LogP contribution in [0.3, 0.4) is 0 Å². The van der Waals surface area contributed by atoms with Crippen LogP contribution in [0, 0.1) is 5.82 Å². The Balaban J connectivity index is 1.90. The Bertz CT molecular complexity index is 938. The molecule has 0 saturated carbocycles. The highest BCUT2D eigenvalue weighted by Gasteiger charge is 2.10. The van der Waals surface area contributed by atoms with Crippen molar-refractivity contribution < 1.29 is 9.13 Å². The lowest BCUT2D eigenvalue weighted by molar-refractivity contribution is 0.463. The van der Waals surface area contributed by atoms with Crippen molar-refractivity contribution in [2.75, 3.05) is 5.73 Å². The molecule has 2 heterocycles. The fourth-order valence-corrected chi connectivity index (χ4v) is 2.43. The third-order valence-corrected chi connectivity index (χ3v) is 3.72. The van der Waals surface area contributed by atoms with E-state index in [9.17, 15) is 4.39 Å². The maximum Gasteiger partial charge on any atom is 0.250 e. The smallest absolute Gasteiger partial charge is 0.250 e. The zero-order valence-electron chi connectivity index (χ0n) is 14.2. The van der Waals surface area contributed by atoms with Crippen LogP contribution >= 0.6 is 0 Å². The van der Waals surface area contributed by atoms with Gasteiger partial charge < -0.3 is 10.5 Å². The van der Waals surface area contributed by atoms with Crippen molar-refractivity contribution in [3.8, 4) is 17.1 Å². The first kappa shape index (κ1) is 17.5. The van der Waals surface area contributed by atoms with E-state index in [1.807, 2.05) is 12.2 Å². The van der Waals surface area contributed by atoms with Gasteiger partial charge in [-0.3, -0.25) is 0 Å². The number of benzene rings is 1. The number of hydrogen-bond acceptors (Lipinski definition) is 5. The molecule has 0 spiro atoms. The average molecular weight is 350 g/mol. The molecule has 0 radical (unpaired) electrons. The van der Waals surface area contributed by atoms with Crippen molar-refractivity contribution >= 4 is 17.0 Å². The van der Waals surface area contributed by atoms with Crippen LogP contribution in [-0.4, -0.2) is 15.0 Å². The van der Waals surface area contributed by atoms with Gasteiger partial charge in [0.1, 0.15) is 5.82 Å². The van der Waals surface area contributed by atoms with Gasteiger partial charge in [-0.25, -0.2) is 14.4 Å². The molecule has 0 atom stereocenters. The minimum Gasteiger partial charge on any atom is -0.445 e. The van der Waals surface area contributed by atoms with Gasteiger partial charge in [0, 0.05) is 5.56 Å². The predicted octanol–water partition coefficient (Wildman–Crippen LogP) is 4.66. The first-order chi connectivity index (χ1) is 12.7. The summed E-state index contributed by atoms with van der Waals surface area (Å²) in [6.07, 6.45) is 8.21. The largest absolute Gasteiger partial charge is 0.445 e. The molecule has 2 aromatic heterocycles. The molecule has 0 saturated heterocycles. The molecular weight excluding hydrogens is 331 g/mol. The maximum atomic E-state index is 13.1. The van der Waals surface area contributed by atoms with Crippen LogP contribution in [-0.2, 0) is 0 Å². The fourth-order valence-electron chi connectivity index (χ4n) is 2.43. The maximum absolute atomic E-state index is 13.1. The number of nitrogen functional groups attached to an aromatic ring is 1. The Morgan fingerprint density at radius 3 is 2.62 bits per heavy atom. The first-order valence-electron chi connectivity index (χ1n) is 8.30. The second-order valence-corrected chi connectivity index (χ2v) is 5.67. The number of nitrogens with zero attached hydrogens (tertiary/aromatic N) is 3. The molecule has 0 aliphatic heterocycles. The molecular formula is C20H19FN4O. The van der Waals surface area contributed by atoms with Crippen molar-refractivity contribution in [3.05, 3.63) is 67.2 Å². The highest BCUT2D eigenvalue weighted by atomic mass is 19.1. The number of nitrogens with two attached hydrogens (primary N) is 1. The number of aromatic nitrogens is 3. The summed E-state index contributed by atoms with van der Waals surface area (Å²) < 4.78 is 18.8. The third kappa shape index (κ3) is 4.22. The van der Waals surface area contributed by atoms with Crippen molar-refractivity contribution in [1.82, 2.24) is 15.0 Å². The number of hydrogen-bond donors (Lipinski definition) is 1. The van der Waals surface area contributed by atoms with Crippen LogP contribution in [0.2, 0.25) is 0 Å². The van der Waals surface area contributed by atoms with Gasteiger partial charge in [0.25, 0.3) is 0 Å². The highest BCUT2D eigenvalue weighted by molar-refractivity contribution is 5.83. The van der Waals surface area contributed by atoms with Crippen molar-refractivity contribution in [2.24, 2.45) is 0 Å². The predicted molar refractivity (Wildman–Crippen MR) is 101 cm³/mol. The van der Waals surface area contributed by atoms with E-state index < -0.39 is 0 Å². The number of pyridine rings is 1. The minimum atomic E-state index is -0.295. The molecule has 5 nitrogen and oxygen atoms in total. The zero-order valence-corrected chi connectivity index (χ0v) is 14.2. The number of anilines is 1. The Hall–Kier alpha value is -3.28. The topological polar surface area (TPSA) is 73.9 Å². The van der Waals surface area contributed by atoms with E-state index in [1.165, 1.54) is 12.1 Å². The number of unbranched alkanes of at least 4 members (excludes halogenated alkanes) is 2. The SMILES string of the molecule is C=CCCCC=COc1nc(N)nc2ccc(-c3ccc(F)cc3)nc12. The number of fused-ring (bicyclic) bond motifs is 1. The lowest BCUT2D eigenvalue weighted by atomic mass is 10.1. The summed E-state index contributed by atoms with van der Waals surface area (Å²) in [5.41, 5.74) is 8.29. The van der Waals surface area contributed by atoms with Gasteiger partial charge in [0.2, 0.25) is 11.8 Å². The van der Waals surface area contributed by atoms with Gasteiger partial charge in [0.05, 0.1) is 17.5 Å². The second-order valence-electron chi connectivity index (χ2n) is 5.67. The van der Waals surface area contributed by atoms with Gasteiger partial charge in [-0.05, 0) is 61.7 Å². The Morgan fingerprint density at radius 2 is 1.85 bits per heavy atom. The van der Waals surface area contributed by atoms with Crippen molar-refractivity contribution in [3.63, 3.8) is 0 Å². The number of ether oxygens (including phenoxy) is 1. The number of allylic oxidation sites excluding steroid dienone is 2. The molecule has 3 aromatic rings. The molecule has 0 aliphatic carbocycles. The summed E-state index contributed by atoms with van der Waals surface area (Å²) in [7, 11) is 0. The molecule has 0 fully saturated rings. The average Bonchev–Trinajstić information content (AvgIpc) is 2.64. The van der Waals surface area contributed by atoms with E-state index in [-0.39, 0.29) is 17.6 Å². The van der Waals surface area contributed by atoms with E-state index >= 15 is 0 Å². The molecule has 0 bridgehead atoms. The lowest BCUT2D eigenvalue weighted by Gasteiger charge is -2.07. The van der Waals surface area contributed by atoms with Crippen LogP contribution in [0.5, 0.6) is 5.88 Å². The van der Waals surface area contributed by atoms with Crippen molar-refractivity contribution in [2.45, 2.75) is 19.3 Å². The molecule has 6 heteroatoms. The normalized spacial score (nSPS) is 11.1. The van der Waals surface area contributed by atoms with E-state index in [1.54, 1.807) is 30.5 Å². The lowest BCUT2D eigenvalue weighted by Crippen LogP contribution is -2.00. The fraction of sp³-hybridized carbons (Fsp3) is 0.150. The Kier molecular flexibility index (Phi) is 5.53. The van der Waals surface area contributed by atoms with Gasteiger partial charge in [-0.2, -0.15) is 4.98 Å². The summed E-state index contributed by atoms with van der Waals surface area (Å²) >= 11 is 0. The molecule has 132 valence electrons. The third-order valence-electron chi connectivity index (χ3n) is 3.72. The summed E-state index contributed by atoms with van der Waals surface area (Å²) in [6.45, 7) is 3.69. The van der Waals surface area contributed by atoms with Crippen LogP contribution in [0.1, 0.15) is 19.3 Å². The molecule has 0 aliphatic rings. The monoisotopic (exact) mass is 350 g/mol. The van der Waals surface area contributed by atoms with Crippen LogP contribution in [0.15, 0.2) is 61.4 Å². The van der Waals surface area contributed by atoms with Crippen LogP contribution in [0.4, 0.5) is 10.3 Å². The van der Waals surface area contributed by atoms with E-state index in [4.69, 9.17) is 10.5 Å². The summed E-state index contributed by atoms with van der Waals surface area (Å²) in [6, 6.07) is 9.72. The molecule has 2 N–H and O–H groups in total. The van der Waals surface area contributed by atoms with Gasteiger partial charge in [-0.15, -0.1) is 6.58 Å². The Morgan fingerprint density at radius 1 is 1.04 bits per heavy atom. The summed E-state index contributed by atoms with van der Waals surface area (Å²) in [5, 5.41) is 0. The highest BCUT2D eigenvalue weighted by Crippen LogP contribution is 2.26. The quantitative estimate of drug-likeness (QED) is 0.381. The summed E-state index contributed by atoms with van der Waals surface area (Å²) in [5.74, 6) is 0.108. The van der Waals surface area contributed by atoms with Crippen LogP contribution < -0.4 is 10.5 Å². The summed E-state index contributed by atoms with van der Waals surface area (Å²) in [4.78, 5) is 12.9. The van der Waals surface area contributed by atoms with Crippen molar-refractivity contribution in [1.29, 1.82) is 0 Å². The number of rotatable bonds is 7. The minimum absolute atomic E-state index is 0.115. The van der Waals surface area contributed by atoms with Gasteiger partial charge in [0.15, 0.2) is 5.52 Å². The van der Waals surface area contributed by atoms with Gasteiger partial charge >= 0.3 is 0 Å². The molecule has 0 unspecified atom stereocenters. The molecule has 0 amide bonds. The zero-order chi connectivity index (χ0) is 18.4. The molecule has 26 heavy (non-hydrogen) atoms. The molecule has 3 rings (SSSR count). The van der Waals surface area contributed by atoms with Crippen LogP contribution in [0.25, 0.3) is 22.3 Å². The first-order valence-corrected chi connectivity index (χ1v) is 8.30. The molecule has 1 aromatic carbocycles. The van der Waals surface area contributed by atoms with Gasteiger partial charge in [-0.1, -0.05) is 6.08 Å².